The van der Waals surface area contributed by atoms with Gasteiger partial charge in [-0.15, -0.1) is 0 Å². The molecule has 0 fully saturated rings. The molecule has 5 heteroatoms. The van der Waals surface area contributed by atoms with Crippen molar-refractivity contribution in [1.29, 1.82) is 0 Å². The fourth-order valence-electron chi connectivity index (χ4n) is 2.33. The number of aromatic nitrogens is 2. The maximum atomic E-state index is 9.29. The largest absolute Gasteiger partial charge is 1.00 e. The van der Waals surface area contributed by atoms with E-state index in [4.69, 9.17) is 4.74 Å². The molecule has 0 radical (unpaired) electrons. The average molecular weight is 291 g/mol. The lowest BCUT2D eigenvalue weighted by molar-refractivity contribution is -0.647. The van der Waals surface area contributed by atoms with E-state index >= 15 is 0 Å². The number of ether oxygens (including phenoxy) is 1. The van der Waals surface area contributed by atoms with Gasteiger partial charge in [-0.25, -0.2) is 4.98 Å². The van der Waals surface area contributed by atoms with Crippen LogP contribution in [-0.2, 0) is 6.54 Å². The van der Waals surface area contributed by atoms with Gasteiger partial charge < -0.3 is 22.3 Å². The van der Waals surface area contributed by atoms with Crippen LogP contribution in [0.4, 0.5) is 0 Å². The van der Waals surface area contributed by atoms with Gasteiger partial charge in [-0.1, -0.05) is 12.1 Å². The van der Waals surface area contributed by atoms with Crippen LogP contribution in [0.1, 0.15) is 0 Å². The number of para-hydroxylation sites is 2. The van der Waals surface area contributed by atoms with Crippen LogP contribution in [0.15, 0.2) is 42.5 Å². The molecule has 20 heavy (non-hydrogen) atoms. The maximum Gasteiger partial charge on any atom is 0.235 e. The van der Waals surface area contributed by atoms with Gasteiger partial charge in [0.25, 0.3) is 0 Å². The average Bonchev–Trinajstić information content (AvgIpc) is 2.47. The summed E-state index contributed by atoms with van der Waals surface area (Å²) in [7, 11) is 1.64. The third kappa shape index (κ3) is 2.40. The van der Waals surface area contributed by atoms with E-state index in [1.807, 2.05) is 42.5 Å². The molecule has 1 aromatic heterocycles. The Kier molecular flexibility index (Phi) is 4.37. The number of halogens is 1. The van der Waals surface area contributed by atoms with Gasteiger partial charge in [0.2, 0.25) is 11.0 Å². The Morgan fingerprint density at radius 3 is 2.60 bits per heavy atom. The van der Waals surface area contributed by atoms with E-state index < -0.39 is 0 Å². The van der Waals surface area contributed by atoms with Crippen LogP contribution in [-0.4, -0.2) is 23.8 Å². The van der Waals surface area contributed by atoms with Gasteiger partial charge in [0.1, 0.15) is 23.4 Å². The van der Waals surface area contributed by atoms with Gasteiger partial charge in [-0.3, -0.25) is 0 Å². The molecule has 2 aromatic carbocycles. The molecule has 0 bridgehead atoms. The standard InChI is InChI=1S/C15H15N2O2.ClH/c1-19-11-6-7-13-15(10-11)17(8-9-18)14-5-3-2-4-12(14)16-13;/h2-7,10,18H,8-9H2,1H3;1H/q+1;/p-1. The SMILES string of the molecule is COc1ccc2nc3ccccc3[n+](CCO)c2c1.[Cl-]. The topological polar surface area (TPSA) is 46.2 Å². The van der Waals surface area contributed by atoms with Crippen LogP contribution in [0.5, 0.6) is 5.75 Å². The van der Waals surface area contributed by atoms with Crippen molar-refractivity contribution >= 4 is 22.1 Å². The molecule has 0 unspecified atom stereocenters. The van der Waals surface area contributed by atoms with Gasteiger partial charge in [-0.05, 0) is 18.2 Å². The predicted molar refractivity (Wildman–Crippen MR) is 73.1 cm³/mol. The highest BCUT2D eigenvalue weighted by Crippen LogP contribution is 2.19. The van der Waals surface area contributed by atoms with Crippen molar-refractivity contribution in [3.63, 3.8) is 0 Å². The zero-order valence-electron chi connectivity index (χ0n) is 11.1. The van der Waals surface area contributed by atoms with E-state index in [1.54, 1.807) is 7.11 Å². The highest BCUT2D eigenvalue weighted by Gasteiger charge is 2.16. The molecule has 0 aliphatic rings. The molecule has 4 nitrogen and oxygen atoms in total. The van der Waals surface area contributed by atoms with Crippen LogP contribution < -0.4 is 21.7 Å². The van der Waals surface area contributed by atoms with Crippen molar-refractivity contribution in [2.45, 2.75) is 6.54 Å². The molecule has 104 valence electrons. The normalized spacial score (nSPS) is 10.5. The van der Waals surface area contributed by atoms with Crippen molar-refractivity contribution in [3.05, 3.63) is 42.5 Å². The Labute approximate surface area is 123 Å². The Morgan fingerprint density at radius 1 is 1.10 bits per heavy atom. The van der Waals surface area contributed by atoms with Crippen LogP contribution >= 0.6 is 0 Å². The first-order chi connectivity index (χ1) is 9.33. The molecule has 0 spiro atoms. The van der Waals surface area contributed by atoms with Gasteiger partial charge in [0.15, 0.2) is 6.54 Å². The zero-order chi connectivity index (χ0) is 13.2. The third-order valence-electron chi connectivity index (χ3n) is 3.21. The number of aliphatic hydroxyl groups is 1. The molecule has 0 amide bonds. The van der Waals surface area contributed by atoms with Gasteiger partial charge >= 0.3 is 0 Å². The minimum absolute atomic E-state index is 0. The second kappa shape index (κ2) is 6.03. The minimum Gasteiger partial charge on any atom is -1.00 e. The monoisotopic (exact) mass is 290 g/mol. The summed E-state index contributed by atoms with van der Waals surface area (Å²) in [6.45, 7) is 0.623. The van der Waals surface area contributed by atoms with Crippen molar-refractivity contribution < 1.29 is 26.8 Å². The van der Waals surface area contributed by atoms with E-state index in [0.717, 1.165) is 27.8 Å². The van der Waals surface area contributed by atoms with E-state index in [2.05, 4.69) is 9.55 Å². The summed E-state index contributed by atoms with van der Waals surface area (Å²) in [6, 6.07) is 13.7. The van der Waals surface area contributed by atoms with E-state index in [9.17, 15) is 5.11 Å². The lowest BCUT2D eigenvalue weighted by atomic mass is 10.2. The van der Waals surface area contributed by atoms with E-state index in [1.165, 1.54) is 0 Å². The van der Waals surface area contributed by atoms with E-state index in [-0.39, 0.29) is 19.0 Å². The van der Waals surface area contributed by atoms with Gasteiger partial charge in [-0.2, -0.15) is 4.57 Å². The summed E-state index contributed by atoms with van der Waals surface area (Å²) in [4.78, 5) is 4.64. The first-order valence-corrected chi connectivity index (χ1v) is 6.20. The molecule has 0 atom stereocenters. The summed E-state index contributed by atoms with van der Waals surface area (Å²) >= 11 is 0. The first kappa shape index (κ1) is 14.5. The highest BCUT2D eigenvalue weighted by molar-refractivity contribution is 5.82. The number of methoxy groups -OCH3 is 1. The number of benzene rings is 2. The smallest absolute Gasteiger partial charge is 0.235 e. The van der Waals surface area contributed by atoms with Crippen molar-refractivity contribution in [2.24, 2.45) is 0 Å². The molecule has 3 aromatic rings. The zero-order valence-corrected chi connectivity index (χ0v) is 11.8. The molecule has 1 N–H and O–H groups in total. The van der Waals surface area contributed by atoms with Crippen LogP contribution in [0.3, 0.4) is 0 Å². The Hall–Kier alpha value is -1.91. The summed E-state index contributed by atoms with van der Waals surface area (Å²) in [5.41, 5.74) is 3.80. The lowest BCUT2D eigenvalue weighted by Gasteiger charge is -2.05. The van der Waals surface area contributed by atoms with Crippen LogP contribution in [0.2, 0.25) is 0 Å². The number of aliphatic hydroxyl groups excluding tert-OH is 1. The fourth-order valence-corrected chi connectivity index (χ4v) is 2.33. The van der Waals surface area contributed by atoms with Gasteiger partial charge in [0.05, 0.1) is 13.2 Å². The number of rotatable bonds is 3. The first-order valence-electron chi connectivity index (χ1n) is 6.20. The van der Waals surface area contributed by atoms with Crippen LogP contribution in [0, 0.1) is 0 Å². The summed E-state index contributed by atoms with van der Waals surface area (Å²) in [6.07, 6.45) is 0. The van der Waals surface area contributed by atoms with Gasteiger partial charge in [0, 0.05) is 6.07 Å². The Bertz CT molecular complexity index is 746. The number of fused-ring (bicyclic) bond motifs is 2. The summed E-state index contributed by atoms with van der Waals surface area (Å²) in [5.74, 6) is 0.788. The molecule has 0 aliphatic heterocycles. The Balaban J connectivity index is 0.00000147. The van der Waals surface area contributed by atoms with E-state index in [0.29, 0.717) is 6.54 Å². The summed E-state index contributed by atoms with van der Waals surface area (Å²) in [5, 5.41) is 9.29. The number of nitrogens with zero attached hydrogens (tertiary/aromatic N) is 2. The Morgan fingerprint density at radius 2 is 1.85 bits per heavy atom. The molecule has 0 saturated carbocycles. The number of hydrogen-bond acceptors (Lipinski definition) is 3. The molecular formula is C15H15ClN2O2. The molecule has 3 rings (SSSR count). The second-order valence-electron chi connectivity index (χ2n) is 4.33. The molecule has 1 heterocycles. The maximum absolute atomic E-state index is 9.29. The lowest BCUT2D eigenvalue weighted by Crippen LogP contribution is -3.00. The summed E-state index contributed by atoms with van der Waals surface area (Å²) < 4.78 is 7.33. The van der Waals surface area contributed by atoms with Crippen molar-refractivity contribution in [3.8, 4) is 5.75 Å². The fraction of sp³-hybridized carbons (Fsp3) is 0.200. The molecule has 0 aliphatic carbocycles. The minimum atomic E-state index is 0. The van der Waals surface area contributed by atoms with Crippen molar-refractivity contribution in [1.82, 2.24) is 4.98 Å². The third-order valence-corrected chi connectivity index (χ3v) is 3.21. The quantitative estimate of drug-likeness (QED) is 0.481. The van der Waals surface area contributed by atoms with Crippen LogP contribution in [0.25, 0.3) is 22.1 Å². The molecular weight excluding hydrogens is 276 g/mol. The van der Waals surface area contributed by atoms with Crippen molar-refractivity contribution in [2.75, 3.05) is 13.7 Å². The predicted octanol–water partition coefficient (Wildman–Crippen LogP) is -1.32. The molecule has 0 saturated heterocycles. The highest BCUT2D eigenvalue weighted by atomic mass is 35.5. The number of hydrogen-bond donors (Lipinski definition) is 1. The second-order valence-corrected chi connectivity index (χ2v) is 4.33.